The molecule has 0 bridgehead atoms. The zero-order chi connectivity index (χ0) is 19.9. The summed E-state index contributed by atoms with van der Waals surface area (Å²) in [6.45, 7) is 0.610. The Balaban J connectivity index is 1.73. The van der Waals surface area contributed by atoms with E-state index in [4.69, 9.17) is 23.7 Å². The first-order valence-electron chi connectivity index (χ1n) is 8.33. The Labute approximate surface area is 161 Å². The Morgan fingerprint density at radius 1 is 1.00 bits per heavy atom. The van der Waals surface area contributed by atoms with Gasteiger partial charge in [0.1, 0.15) is 24.7 Å². The highest BCUT2D eigenvalue weighted by atomic mass is 32.2. The number of methoxy groups -OCH3 is 2. The third-order valence-electron chi connectivity index (χ3n) is 4.33. The Bertz CT molecular complexity index is 1050. The summed E-state index contributed by atoms with van der Waals surface area (Å²) in [7, 11) is -1.48. The van der Waals surface area contributed by atoms with Crippen LogP contribution in [0.5, 0.6) is 28.7 Å². The predicted octanol–water partition coefficient (Wildman–Crippen LogP) is 2.18. The zero-order valence-corrected chi connectivity index (χ0v) is 15.9. The van der Waals surface area contributed by atoms with Crippen LogP contribution < -0.4 is 23.7 Å². The van der Waals surface area contributed by atoms with E-state index in [1.54, 1.807) is 18.2 Å². The molecule has 2 heterocycles. The largest absolute Gasteiger partial charge is 0.496 e. The molecule has 1 amide bonds. The number of carbonyl (C=O) groups is 1. The van der Waals surface area contributed by atoms with Gasteiger partial charge in [-0.1, -0.05) is 6.07 Å². The van der Waals surface area contributed by atoms with E-state index in [9.17, 15) is 13.2 Å². The van der Waals surface area contributed by atoms with Crippen LogP contribution in [0.1, 0.15) is 5.56 Å². The number of benzene rings is 2. The number of carbonyl (C=O) groups excluding carboxylic acids is 1. The molecule has 0 aromatic heterocycles. The van der Waals surface area contributed by atoms with E-state index in [-0.39, 0.29) is 22.9 Å². The Morgan fingerprint density at radius 2 is 1.75 bits per heavy atom. The Hall–Kier alpha value is -3.14. The van der Waals surface area contributed by atoms with Crippen molar-refractivity contribution in [3.8, 4) is 28.7 Å². The van der Waals surface area contributed by atoms with E-state index in [0.717, 1.165) is 0 Å². The molecule has 0 fully saturated rings. The number of rotatable bonds is 4. The van der Waals surface area contributed by atoms with Crippen LogP contribution in [0.15, 0.2) is 35.2 Å². The number of fused-ring (bicyclic) bond motifs is 2. The molecule has 10 heteroatoms. The topological polar surface area (TPSA) is 101 Å². The van der Waals surface area contributed by atoms with Crippen molar-refractivity contribution >= 4 is 16.1 Å². The quantitative estimate of drug-likeness (QED) is 0.760. The summed E-state index contributed by atoms with van der Waals surface area (Å²) in [6.07, 6.45) is -1.02. The molecule has 2 aliphatic heterocycles. The highest BCUT2D eigenvalue weighted by Crippen LogP contribution is 2.43. The minimum Gasteiger partial charge on any atom is -0.496 e. The predicted molar refractivity (Wildman–Crippen MR) is 95.7 cm³/mol. The summed E-state index contributed by atoms with van der Waals surface area (Å²) in [6, 6.07) is 7.72. The number of amides is 1. The standard InChI is InChI=1S/C18H17NO8S/c1-23-12-8-15(24-2)17-16(9-12)27-18(20)19(28(17,21)22)10-11-3-4-13-14(7-11)26-6-5-25-13/h3-4,7-9H,5-6,10H2,1-2H3. The van der Waals surface area contributed by atoms with E-state index >= 15 is 0 Å². The fourth-order valence-corrected chi connectivity index (χ4v) is 4.53. The fraction of sp³-hybridized carbons (Fsp3) is 0.278. The fourth-order valence-electron chi connectivity index (χ4n) is 3.01. The summed E-state index contributed by atoms with van der Waals surface area (Å²) in [5.41, 5.74) is 0.542. The van der Waals surface area contributed by atoms with Crippen LogP contribution in [0.4, 0.5) is 4.79 Å². The third kappa shape index (κ3) is 2.95. The Morgan fingerprint density at radius 3 is 2.46 bits per heavy atom. The highest BCUT2D eigenvalue weighted by Gasteiger charge is 2.42. The maximum Gasteiger partial charge on any atom is 0.429 e. The van der Waals surface area contributed by atoms with Gasteiger partial charge in [-0.2, -0.15) is 4.31 Å². The molecule has 0 radical (unpaired) electrons. The Kier molecular flexibility index (Phi) is 4.42. The molecule has 0 N–H and O–H groups in total. The molecule has 2 aliphatic rings. The summed E-state index contributed by atoms with van der Waals surface area (Å²) in [5.74, 6) is 1.25. The maximum atomic E-state index is 13.1. The second-order valence-corrected chi connectivity index (χ2v) is 7.81. The number of ether oxygens (including phenoxy) is 5. The van der Waals surface area contributed by atoms with E-state index in [0.29, 0.717) is 40.3 Å². The van der Waals surface area contributed by atoms with E-state index in [1.807, 2.05) is 0 Å². The molecule has 148 valence electrons. The minimum atomic E-state index is -4.21. The van der Waals surface area contributed by atoms with Crippen LogP contribution in [0.3, 0.4) is 0 Å². The third-order valence-corrected chi connectivity index (χ3v) is 6.11. The molecule has 2 aromatic carbocycles. The van der Waals surface area contributed by atoms with Gasteiger partial charge in [-0.25, -0.2) is 13.2 Å². The second-order valence-electron chi connectivity index (χ2n) is 6.01. The molecule has 0 atom stereocenters. The van der Waals surface area contributed by atoms with Crippen molar-refractivity contribution in [2.75, 3.05) is 27.4 Å². The maximum absolute atomic E-state index is 13.1. The van der Waals surface area contributed by atoms with Crippen molar-refractivity contribution in [3.05, 3.63) is 35.9 Å². The molecule has 0 saturated heterocycles. The summed E-state index contributed by atoms with van der Waals surface area (Å²) < 4.78 is 53.4. The minimum absolute atomic E-state index is 0.0222. The molecular weight excluding hydrogens is 390 g/mol. The molecule has 0 unspecified atom stereocenters. The first kappa shape index (κ1) is 18.2. The van der Waals surface area contributed by atoms with Crippen LogP contribution in [-0.4, -0.2) is 46.2 Å². The lowest BCUT2D eigenvalue weighted by Crippen LogP contribution is -2.42. The van der Waals surface area contributed by atoms with Crippen molar-refractivity contribution < 1.29 is 36.9 Å². The van der Waals surface area contributed by atoms with Crippen molar-refractivity contribution in [1.29, 1.82) is 0 Å². The zero-order valence-electron chi connectivity index (χ0n) is 15.1. The number of nitrogens with zero attached hydrogens (tertiary/aromatic N) is 1. The molecule has 9 nitrogen and oxygen atoms in total. The van der Waals surface area contributed by atoms with Gasteiger partial charge in [0.05, 0.1) is 20.8 Å². The number of hydrogen-bond donors (Lipinski definition) is 0. The van der Waals surface area contributed by atoms with Gasteiger partial charge in [0.25, 0.3) is 10.0 Å². The van der Waals surface area contributed by atoms with Crippen LogP contribution in [0.2, 0.25) is 0 Å². The summed E-state index contributed by atoms with van der Waals surface area (Å²) >= 11 is 0. The van der Waals surface area contributed by atoms with Gasteiger partial charge in [0, 0.05) is 12.1 Å². The lowest BCUT2D eigenvalue weighted by atomic mass is 10.2. The molecule has 28 heavy (non-hydrogen) atoms. The first-order chi connectivity index (χ1) is 13.4. The smallest absolute Gasteiger partial charge is 0.429 e. The van der Waals surface area contributed by atoms with Crippen molar-refractivity contribution in [2.24, 2.45) is 0 Å². The highest BCUT2D eigenvalue weighted by molar-refractivity contribution is 7.90. The van der Waals surface area contributed by atoms with Gasteiger partial charge >= 0.3 is 6.09 Å². The van der Waals surface area contributed by atoms with Crippen LogP contribution >= 0.6 is 0 Å². The van der Waals surface area contributed by atoms with Crippen molar-refractivity contribution in [2.45, 2.75) is 11.4 Å². The lowest BCUT2D eigenvalue weighted by molar-refractivity contribution is 0.168. The summed E-state index contributed by atoms with van der Waals surface area (Å²) in [5, 5.41) is 0. The van der Waals surface area contributed by atoms with Gasteiger partial charge in [-0.15, -0.1) is 0 Å². The monoisotopic (exact) mass is 407 g/mol. The van der Waals surface area contributed by atoms with Crippen LogP contribution in [-0.2, 0) is 16.6 Å². The summed E-state index contributed by atoms with van der Waals surface area (Å²) in [4.78, 5) is 12.2. The van der Waals surface area contributed by atoms with Gasteiger partial charge in [-0.3, -0.25) is 0 Å². The molecule has 0 saturated carbocycles. The van der Waals surface area contributed by atoms with Crippen LogP contribution in [0, 0.1) is 0 Å². The average molecular weight is 407 g/mol. The van der Waals surface area contributed by atoms with Gasteiger partial charge in [0.2, 0.25) is 0 Å². The van der Waals surface area contributed by atoms with Gasteiger partial charge in [0.15, 0.2) is 22.1 Å². The van der Waals surface area contributed by atoms with Crippen LogP contribution in [0.25, 0.3) is 0 Å². The van der Waals surface area contributed by atoms with Gasteiger partial charge in [-0.05, 0) is 17.7 Å². The number of sulfonamides is 1. The molecule has 4 rings (SSSR count). The molecule has 2 aromatic rings. The van der Waals surface area contributed by atoms with Crippen molar-refractivity contribution in [3.63, 3.8) is 0 Å². The van der Waals surface area contributed by atoms with E-state index in [2.05, 4.69) is 0 Å². The number of hydrogen-bond acceptors (Lipinski definition) is 8. The van der Waals surface area contributed by atoms with Gasteiger partial charge < -0.3 is 23.7 Å². The lowest BCUT2D eigenvalue weighted by Gasteiger charge is -2.29. The molecule has 0 aliphatic carbocycles. The van der Waals surface area contributed by atoms with E-state index in [1.165, 1.54) is 26.4 Å². The molecule has 0 spiro atoms. The average Bonchev–Trinajstić information content (AvgIpc) is 2.69. The second kappa shape index (κ2) is 6.79. The van der Waals surface area contributed by atoms with Crippen molar-refractivity contribution in [1.82, 2.24) is 4.31 Å². The normalized spacial score (nSPS) is 16.8. The first-order valence-corrected chi connectivity index (χ1v) is 9.77. The molecular formula is C18H17NO8S. The van der Waals surface area contributed by atoms with E-state index < -0.39 is 16.1 Å². The SMILES string of the molecule is COc1cc(OC)c2c(c1)OC(=O)N(Cc1ccc3c(c1)OCCO3)S2(=O)=O.